The van der Waals surface area contributed by atoms with Gasteiger partial charge in [-0.3, -0.25) is 10.2 Å². The molecule has 2 aromatic carbocycles. The summed E-state index contributed by atoms with van der Waals surface area (Å²) in [6.45, 7) is 1.96. The average Bonchev–Trinajstić information content (AvgIpc) is 3.02. The molecule has 26 heavy (non-hydrogen) atoms. The molecule has 0 saturated heterocycles. The second-order valence-electron chi connectivity index (χ2n) is 6.14. The SMILES string of the molecule is Cc1[nH]c(-c2ccc(CCC(=O)O)cc2)nc1-c1ccc(C(=N)N)cc1. The minimum Gasteiger partial charge on any atom is -0.481 e. The lowest BCUT2D eigenvalue weighted by molar-refractivity contribution is -0.136. The second-order valence-corrected chi connectivity index (χ2v) is 6.14. The summed E-state index contributed by atoms with van der Waals surface area (Å²) in [5.74, 6) is 0.00748. The van der Waals surface area contributed by atoms with Crippen molar-refractivity contribution in [1.82, 2.24) is 9.97 Å². The number of aromatic nitrogens is 2. The molecule has 0 aliphatic rings. The Hall–Kier alpha value is -3.41. The summed E-state index contributed by atoms with van der Waals surface area (Å²) in [4.78, 5) is 18.6. The number of imidazole rings is 1. The largest absolute Gasteiger partial charge is 0.481 e. The molecule has 5 N–H and O–H groups in total. The fraction of sp³-hybridized carbons (Fsp3) is 0.150. The van der Waals surface area contributed by atoms with Crippen LogP contribution in [0.3, 0.4) is 0 Å². The number of benzene rings is 2. The van der Waals surface area contributed by atoms with Gasteiger partial charge >= 0.3 is 5.97 Å². The van der Waals surface area contributed by atoms with Gasteiger partial charge in [0.05, 0.1) is 5.69 Å². The standard InChI is InChI=1S/C20H20N4O2/c1-12-18(14-7-9-15(10-8-14)19(21)22)24-20(23-12)16-5-2-13(3-6-16)4-11-17(25)26/h2-3,5-10H,4,11H2,1H3,(H3,21,22)(H,23,24)(H,25,26). The molecule has 6 nitrogen and oxygen atoms in total. The van der Waals surface area contributed by atoms with Crippen LogP contribution in [0.1, 0.15) is 23.2 Å². The van der Waals surface area contributed by atoms with Crippen molar-refractivity contribution in [2.45, 2.75) is 19.8 Å². The molecule has 0 amide bonds. The Morgan fingerprint density at radius 3 is 2.31 bits per heavy atom. The number of hydrogen-bond donors (Lipinski definition) is 4. The van der Waals surface area contributed by atoms with Gasteiger partial charge in [0.25, 0.3) is 0 Å². The molecule has 132 valence electrons. The first-order valence-corrected chi connectivity index (χ1v) is 8.26. The number of aromatic amines is 1. The van der Waals surface area contributed by atoms with Crippen molar-refractivity contribution in [2.75, 3.05) is 0 Å². The predicted octanol–water partition coefficient (Wildman–Crippen LogP) is 3.35. The molecule has 0 aliphatic heterocycles. The van der Waals surface area contributed by atoms with Gasteiger partial charge in [0.2, 0.25) is 0 Å². The van der Waals surface area contributed by atoms with E-state index in [4.69, 9.17) is 21.2 Å². The second kappa shape index (κ2) is 7.23. The van der Waals surface area contributed by atoms with Crippen LogP contribution in [0.25, 0.3) is 22.6 Å². The number of nitrogens with two attached hydrogens (primary N) is 1. The average molecular weight is 348 g/mol. The van der Waals surface area contributed by atoms with E-state index in [1.807, 2.05) is 55.5 Å². The van der Waals surface area contributed by atoms with E-state index in [1.165, 1.54) is 0 Å². The lowest BCUT2D eigenvalue weighted by Gasteiger charge is -2.02. The lowest BCUT2D eigenvalue weighted by atomic mass is 10.1. The fourth-order valence-electron chi connectivity index (χ4n) is 2.77. The molecule has 0 saturated carbocycles. The molecule has 3 rings (SSSR count). The molecule has 1 heterocycles. The molecule has 0 atom stereocenters. The highest BCUT2D eigenvalue weighted by Gasteiger charge is 2.11. The number of aliphatic carboxylic acids is 1. The number of nitrogens with one attached hydrogen (secondary N) is 2. The van der Waals surface area contributed by atoms with E-state index >= 15 is 0 Å². The van der Waals surface area contributed by atoms with Gasteiger partial charge in [-0.1, -0.05) is 48.5 Å². The van der Waals surface area contributed by atoms with Gasteiger partial charge in [-0.2, -0.15) is 0 Å². The van der Waals surface area contributed by atoms with Gasteiger partial charge < -0.3 is 15.8 Å². The summed E-state index contributed by atoms with van der Waals surface area (Å²) >= 11 is 0. The number of hydrogen-bond acceptors (Lipinski definition) is 3. The zero-order chi connectivity index (χ0) is 18.7. The number of H-pyrrole nitrogens is 1. The Morgan fingerprint density at radius 2 is 1.73 bits per heavy atom. The molecule has 1 aromatic heterocycles. The van der Waals surface area contributed by atoms with E-state index in [1.54, 1.807) is 0 Å². The summed E-state index contributed by atoms with van der Waals surface area (Å²) in [5.41, 5.74) is 10.9. The Labute approximate surface area is 151 Å². The molecular weight excluding hydrogens is 328 g/mol. The van der Waals surface area contributed by atoms with Crippen LogP contribution in [-0.4, -0.2) is 26.9 Å². The van der Waals surface area contributed by atoms with Crippen LogP contribution >= 0.6 is 0 Å². The number of carboxylic acids is 1. The van der Waals surface area contributed by atoms with E-state index in [-0.39, 0.29) is 12.3 Å². The van der Waals surface area contributed by atoms with Crippen LogP contribution in [0.15, 0.2) is 48.5 Å². The van der Waals surface area contributed by atoms with E-state index in [2.05, 4.69) is 4.98 Å². The normalized spacial score (nSPS) is 10.7. The van der Waals surface area contributed by atoms with Crippen molar-refractivity contribution in [1.29, 1.82) is 5.41 Å². The maximum atomic E-state index is 10.7. The molecule has 0 aliphatic carbocycles. The summed E-state index contributed by atoms with van der Waals surface area (Å²) in [5, 5.41) is 16.2. The number of carboxylic acid groups (broad SMARTS) is 1. The van der Waals surface area contributed by atoms with Gasteiger partial charge in [0, 0.05) is 28.8 Å². The van der Waals surface area contributed by atoms with E-state index in [0.29, 0.717) is 12.0 Å². The summed E-state index contributed by atoms with van der Waals surface area (Å²) in [7, 11) is 0. The van der Waals surface area contributed by atoms with Crippen molar-refractivity contribution >= 4 is 11.8 Å². The van der Waals surface area contributed by atoms with Crippen LogP contribution in [-0.2, 0) is 11.2 Å². The summed E-state index contributed by atoms with van der Waals surface area (Å²) < 4.78 is 0. The van der Waals surface area contributed by atoms with Crippen molar-refractivity contribution in [3.05, 3.63) is 65.4 Å². The molecule has 0 spiro atoms. The molecule has 6 heteroatoms. The summed E-state index contributed by atoms with van der Waals surface area (Å²) in [6, 6.07) is 15.2. The maximum absolute atomic E-state index is 10.7. The predicted molar refractivity (Wildman–Crippen MR) is 101 cm³/mol. The van der Waals surface area contributed by atoms with Gasteiger partial charge in [-0.25, -0.2) is 4.98 Å². The molecule has 0 radical (unpaired) electrons. The quantitative estimate of drug-likeness (QED) is 0.404. The molecule has 3 aromatic rings. The highest BCUT2D eigenvalue weighted by Crippen LogP contribution is 2.26. The van der Waals surface area contributed by atoms with E-state index in [9.17, 15) is 4.79 Å². The third kappa shape index (κ3) is 3.80. The Bertz CT molecular complexity index is 941. The first-order valence-electron chi connectivity index (χ1n) is 8.26. The van der Waals surface area contributed by atoms with Crippen LogP contribution in [0.2, 0.25) is 0 Å². The zero-order valence-electron chi connectivity index (χ0n) is 14.4. The van der Waals surface area contributed by atoms with Crippen molar-refractivity contribution in [2.24, 2.45) is 5.73 Å². The van der Waals surface area contributed by atoms with E-state index < -0.39 is 5.97 Å². The lowest BCUT2D eigenvalue weighted by Crippen LogP contribution is -2.10. The monoisotopic (exact) mass is 348 g/mol. The Morgan fingerprint density at radius 1 is 1.12 bits per heavy atom. The minimum atomic E-state index is -0.795. The summed E-state index contributed by atoms with van der Waals surface area (Å²) in [6.07, 6.45) is 0.639. The number of aryl methyl sites for hydroxylation is 2. The molecule has 0 fully saturated rings. The van der Waals surface area contributed by atoms with Crippen LogP contribution < -0.4 is 5.73 Å². The van der Waals surface area contributed by atoms with Crippen LogP contribution in [0, 0.1) is 12.3 Å². The van der Waals surface area contributed by atoms with Crippen LogP contribution in [0.5, 0.6) is 0 Å². The molecule has 0 bridgehead atoms. The Kier molecular flexibility index (Phi) is 4.84. The number of amidine groups is 1. The van der Waals surface area contributed by atoms with Gasteiger partial charge in [-0.05, 0) is 18.9 Å². The first-order chi connectivity index (χ1) is 12.4. The number of nitrogens with zero attached hydrogens (tertiary/aromatic N) is 1. The molecular formula is C20H20N4O2. The maximum Gasteiger partial charge on any atom is 0.303 e. The van der Waals surface area contributed by atoms with Crippen molar-refractivity contribution < 1.29 is 9.90 Å². The van der Waals surface area contributed by atoms with Gasteiger partial charge in [0.15, 0.2) is 0 Å². The highest BCUT2D eigenvalue weighted by atomic mass is 16.4. The van der Waals surface area contributed by atoms with Crippen molar-refractivity contribution in [3.63, 3.8) is 0 Å². The van der Waals surface area contributed by atoms with Crippen molar-refractivity contribution in [3.8, 4) is 22.6 Å². The van der Waals surface area contributed by atoms with Gasteiger partial charge in [-0.15, -0.1) is 0 Å². The zero-order valence-corrected chi connectivity index (χ0v) is 14.4. The first kappa shape index (κ1) is 17.4. The number of nitrogen functional groups attached to an aromatic ring is 1. The van der Waals surface area contributed by atoms with Crippen LogP contribution in [0.4, 0.5) is 0 Å². The number of rotatable bonds is 6. The number of carbonyl (C=O) groups is 1. The molecule has 0 unspecified atom stereocenters. The van der Waals surface area contributed by atoms with E-state index in [0.717, 1.165) is 33.9 Å². The Balaban J connectivity index is 1.83. The third-order valence-corrected chi connectivity index (χ3v) is 4.21. The minimum absolute atomic E-state index is 0.0407. The smallest absolute Gasteiger partial charge is 0.303 e. The third-order valence-electron chi connectivity index (χ3n) is 4.21. The van der Waals surface area contributed by atoms with Gasteiger partial charge in [0.1, 0.15) is 11.7 Å². The topological polar surface area (TPSA) is 116 Å². The fourth-order valence-corrected chi connectivity index (χ4v) is 2.77. The highest BCUT2D eigenvalue weighted by molar-refractivity contribution is 5.95.